The van der Waals surface area contributed by atoms with Crippen molar-refractivity contribution in [3.8, 4) is 17.2 Å². The third-order valence-electron chi connectivity index (χ3n) is 4.98. The van der Waals surface area contributed by atoms with Gasteiger partial charge in [0.1, 0.15) is 19.8 Å². The highest BCUT2D eigenvalue weighted by molar-refractivity contribution is 5.61. The summed E-state index contributed by atoms with van der Waals surface area (Å²) in [5.74, 6) is 1.85. The lowest BCUT2D eigenvalue weighted by Gasteiger charge is -2.18. The van der Waals surface area contributed by atoms with Gasteiger partial charge in [-0.3, -0.25) is 0 Å². The molecule has 0 saturated heterocycles. The van der Waals surface area contributed by atoms with Crippen LogP contribution in [-0.2, 0) is 19.8 Å². The Kier molecular flexibility index (Phi) is 7.22. The van der Waals surface area contributed by atoms with E-state index in [-0.39, 0.29) is 0 Å². The summed E-state index contributed by atoms with van der Waals surface area (Å²) in [6, 6.07) is 34.1. The van der Waals surface area contributed by atoms with Gasteiger partial charge in [0.2, 0.25) is 5.75 Å². The van der Waals surface area contributed by atoms with Gasteiger partial charge in [0.05, 0.1) is 0 Å². The SMILES string of the molecule is C=Cc1cc(OCc2ccccc2)c(OCc2ccccc2)c(OCc2ccccc2)c1. The lowest BCUT2D eigenvalue weighted by Crippen LogP contribution is -2.04. The van der Waals surface area contributed by atoms with Crippen LogP contribution in [0.3, 0.4) is 0 Å². The van der Waals surface area contributed by atoms with Crippen molar-refractivity contribution >= 4 is 6.08 Å². The maximum Gasteiger partial charge on any atom is 0.203 e. The number of ether oxygens (including phenoxy) is 3. The Bertz CT molecular complexity index is 1060. The van der Waals surface area contributed by atoms with E-state index in [4.69, 9.17) is 14.2 Å². The lowest BCUT2D eigenvalue weighted by molar-refractivity contribution is 0.230. The molecule has 0 heterocycles. The highest BCUT2D eigenvalue weighted by Crippen LogP contribution is 2.40. The van der Waals surface area contributed by atoms with Crippen molar-refractivity contribution in [2.45, 2.75) is 19.8 Å². The van der Waals surface area contributed by atoms with Crippen molar-refractivity contribution in [2.24, 2.45) is 0 Å². The monoisotopic (exact) mass is 422 g/mol. The van der Waals surface area contributed by atoms with Crippen LogP contribution in [0.1, 0.15) is 22.3 Å². The van der Waals surface area contributed by atoms with Gasteiger partial charge in [-0.1, -0.05) is 104 Å². The van der Waals surface area contributed by atoms with Crippen molar-refractivity contribution in [1.82, 2.24) is 0 Å². The molecule has 4 aromatic rings. The van der Waals surface area contributed by atoms with E-state index in [1.807, 2.05) is 103 Å². The summed E-state index contributed by atoms with van der Waals surface area (Å²) in [4.78, 5) is 0. The molecule has 0 aromatic heterocycles. The minimum Gasteiger partial charge on any atom is -0.485 e. The van der Waals surface area contributed by atoms with Crippen molar-refractivity contribution in [3.05, 3.63) is 132 Å². The fraction of sp³-hybridized carbons (Fsp3) is 0.103. The quantitative estimate of drug-likeness (QED) is 0.274. The Labute approximate surface area is 189 Å². The smallest absolute Gasteiger partial charge is 0.203 e. The molecule has 0 bridgehead atoms. The van der Waals surface area contributed by atoms with Crippen molar-refractivity contribution in [1.29, 1.82) is 0 Å². The van der Waals surface area contributed by atoms with E-state index in [1.54, 1.807) is 6.08 Å². The zero-order valence-corrected chi connectivity index (χ0v) is 17.9. The number of hydrogen-bond donors (Lipinski definition) is 0. The lowest BCUT2D eigenvalue weighted by atomic mass is 10.1. The maximum atomic E-state index is 6.25. The first-order valence-corrected chi connectivity index (χ1v) is 10.6. The second kappa shape index (κ2) is 10.9. The van der Waals surface area contributed by atoms with Gasteiger partial charge in [-0.15, -0.1) is 0 Å². The van der Waals surface area contributed by atoms with Gasteiger partial charge in [-0.2, -0.15) is 0 Å². The van der Waals surface area contributed by atoms with Gasteiger partial charge in [0, 0.05) is 0 Å². The Morgan fingerprint density at radius 2 is 0.906 bits per heavy atom. The number of benzene rings is 4. The van der Waals surface area contributed by atoms with E-state index in [0.29, 0.717) is 37.1 Å². The second-order valence-electron chi connectivity index (χ2n) is 7.37. The van der Waals surface area contributed by atoms with Gasteiger partial charge in [0.15, 0.2) is 11.5 Å². The summed E-state index contributed by atoms with van der Waals surface area (Å²) in [5.41, 5.74) is 4.14. The Morgan fingerprint density at radius 1 is 0.531 bits per heavy atom. The first kappa shape index (κ1) is 21.3. The van der Waals surface area contributed by atoms with Crippen LogP contribution in [0.25, 0.3) is 6.08 Å². The molecular weight excluding hydrogens is 396 g/mol. The van der Waals surface area contributed by atoms with Gasteiger partial charge >= 0.3 is 0 Å². The molecule has 160 valence electrons. The van der Waals surface area contributed by atoms with Crippen LogP contribution in [0.2, 0.25) is 0 Å². The molecule has 0 saturated carbocycles. The molecule has 0 atom stereocenters. The molecule has 0 fully saturated rings. The van der Waals surface area contributed by atoms with Crippen LogP contribution in [0.5, 0.6) is 17.2 Å². The zero-order valence-electron chi connectivity index (χ0n) is 17.9. The normalized spacial score (nSPS) is 10.4. The summed E-state index contributed by atoms with van der Waals surface area (Å²) >= 11 is 0. The Balaban J connectivity index is 1.62. The third kappa shape index (κ3) is 5.79. The van der Waals surface area contributed by atoms with Crippen LogP contribution in [-0.4, -0.2) is 0 Å². The predicted octanol–water partition coefficient (Wildman–Crippen LogP) is 7.07. The van der Waals surface area contributed by atoms with Crippen LogP contribution in [0.15, 0.2) is 110 Å². The van der Waals surface area contributed by atoms with E-state index in [2.05, 4.69) is 6.58 Å². The summed E-state index contributed by atoms with van der Waals surface area (Å²) < 4.78 is 18.6. The Morgan fingerprint density at radius 3 is 1.28 bits per heavy atom. The average molecular weight is 423 g/mol. The van der Waals surface area contributed by atoms with Crippen LogP contribution in [0.4, 0.5) is 0 Å². The van der Waals surface area contributed by atoms with Crippen molar-refractivity contribution in [3.63, 3.8) is 0 Å². The molecule has 0 N–H and O–H groups in total. The second-order valence-corrected chi connectivity index (χ2v) is 7.37. The summed E-state index contributed by atoms with van der Waals surface area (Å²) in [5, 5.41) is 0. The zero-order chi connectivity index (χ0) is 22.0. The van der Waals surface area contributed by atoms with Gasteiger partial charge in [-0.25, -0.2) is 0 Å². The first-order chi connectivity index (χ1) is 15.8. The number of hydrogen-bond acceptors (Lipinski definition) is 3. The highest BCUT2D eigenvalue weighted by atomic mass is 16.5. The number of rotatable bonds is 10. The van der Waals surface area contributed by atoms with Crippen LogP contribution in [0, 0.1) is 0 Å². The first-order valence-electron chi connectivity index (χ1n) is 10.6. The minimum absolute atomic E-state index is 0.414. The standard InChI is InChI=1S/C29H26O3/c1-2-23-18-27(30-20-24-12-6-3-7-13-24)29(32-22-26-16-10-5-11-17-26)28(19-23)31-21-25-14-8-4-9-15-25/h2-19H,1,20-22H2. The summed E-state index contributed by atoms with van der Waals surface area (Å²) in [6.45, 7) is 5.20. The van der Waals surface area contributed by atoms with Gasteiger partial charge < -0.3 is 14.2 Å². The molecule has 0 spiro atoms. The van der Waals surface area contributed by atoms with E-state index in [0.717, 1.165) is 22.3 Å². The van der Waals surface area contributed by atoms with E-state index in [1.165, 1.54) is 0 Å². The van der Waals surface area contributed by atoms with Gasteiger partial charge in [-0.05, 0) is 34.4 Å². The highest BCUT2D eigenvalue weighted by Gasteiger charge is 2.16. The van der Waals surface area contributed by atoms with Crippen molar-refractivity contribution < 1.29 is 14.2 Å². The molecule has 0 aliphatic carbocycles. The molecule has 0 aliphatic heterocycles. The average Bonchev–Trinajstić information content (AvgIpc) is 2.87. The molecule has 4 rings (SSSR count). The van der Waals surface area contributed by atoms with Crippen LogP contribution < -0.4 is 14.2 Å². The molecule has 3 heteroatoms. The predicted molar refractivity (Wildman–Crippen MR) is 129 cm³/mol. The molecule has 0 unspecified atom stereocenters. The molecule has 0 amide bonds. The molecule has 3 nitrogen and oxygen atoms in total. The fourth-order valence-electron chi connectivity index (χ4n) is 3.27. The molecule has 0 aliphatic rings. The van der Waals surface area contributed by atoms with Gasteiger partial charge in [0.25, 0.3) is 0 Å². The fourth-order valence-corrected chi connectivity index (χ4v) is 3.27. The topological polar surface area (TPSA) is 27.7 Å². The van der Waals surface area contributed by atoms with Crippen molar-refractivity contribution in [2.75, 3.05) is 0 Å². The Hall–Kier alpha value is -3.98. The summed E-state index contributed by atoms with van der Waals surface area (Å²) in [6.07, 6.45) is 1.78. The van der Waals surface area contributed by atoms with E-state index < -0.39 is 0 Å². The third-order valence-corrected chi connectivity index (χ3v) is 4.98. The minimum atomic E-state index is 0.414. The molecule has 4 aromatic carbocycles. The molecular formula is C29H26O3. The van der Waals surface area contributed by atoms with Crippen LogP contribution >= 0.6 is 0 Å². The maximum absolute atomic E-state index is 6.25. The van der Waals surface area contributed by atoms with E-state index in [9.17, 15) is 0 Å². The molecule has 32 heavy (non-hydrogen) atoms. The largest absolute Gasteiger partial charge is 0.485 e. The summed E-state index contributed by atoms with van der Waals surface area (Å²) in [7, 11) is 0. The molecule has 0 radical (unpaired) electrons. The van der Waals surface area contributed by atoms with E-state index >= 15 is 0 Å².